The van der Waals surface area contributed by atoms with Crippen LogP contribution >= 0.6 is 23.2 Å². The van der Waals surface area contributed by atoms with E-state index in [0.29, 0.717) is 23.6 Å². The van der Waals surface area contributed by atoms with E-state index >= 15 is 0 Å². The average molecular weight is 333 g/mol. The molecule has 0 bridgehead atoms. The number of anilines is 1. The second kappa shape index (κ2) is 6.71. The van der Waals surface area contributed by atoms with Crippen LogP contribution in [0, 0.1) is 10.1 Å². The molecule has 116 valence electrons. The zero-order chi connectivity index (χ0) is 15.6. The molecule has 0 saturated carbocycles. The molecule has 0 spiro atoms. The van der Waals surface area contributed by atoms with Crippen LogP contribution in [0.5, 0.6) is 5.75 Å². The maximum Gasteiger partial charge on any atom is 0.314 e. The number of halogens is 2. The minimum atomic E-state index is -0.443. The molecule has 0 aliphatic carbocycles. The Labute approximate surface area is 133 Å². The predicted octanol–water partition coefficient (Wildman–Crippen LogP) is 4.55. The lowest BCUT2D eigenvalue weighted by atomic mass is 10.1. The van der Waals surface area contributed by atoms with E-state index in [-0.39, 0.29) is 16.1 Å². The van der Waals surface area contributed by atoms with Crippen LogP contribution in [0.2, 0.25) is 5.02 Å². The Morgan fingerprint density at radius 1 is 1.48 bits per heavy atom. The van der Waals surface area contributed by atoms with Gasteiger partial charge in [-0.05, 0) is 32.8 Å². The van der Waals surface area contributed by atoms with Gasteiger partial charge in [-0.15, -0.1) is 11.6 Å². The summed E-state index contributed by atoms with van der Waals surface area (Å²) in [6.07, 6.45) is 2.00. The quantitative estimate of drug-likeness (QED) is 0.451. The zero-order valence-corrected chi connectivity index (χ0v) is 13.6. The molecule has 0 N–H and O–H groups in total. The van der Waals surface area contributed by atoms with Crippen LogP contribution in [0.3, 0.4) is 0 Å². The molecule has 0 amide bonds. The van der Waals surface area contributed by atoms with Crippen molar-refractivity contribution in [1.29, 1.82) is 0 Å². The Morgan fingerprint density at radius 2 is 2.10 bits per heavy atom. The van der Waals surface area contributed by atoms with Crippen LogP contribution in [0.1, 0.15) is 37.6 Å². The van der Waals surface area contributed by atoms with Gasteiger partial charge in [-0.2, -0.15) is 0 Å². The highest BCUT2D eigenvalue weighted by atomic mass is 35.5. The van der Waals surface area contributed by atoms with E-state index in [2.05, 4.69) is 0 Å². The Balaban J connectivity index is 2.71. The molecule has 1 aliphatic heterocycles. The summed E-state index contributed by atoms with van der Waals surface area (Å²) in [5.74, 6) is 0.484. The number of rotatable bonds is 5. The van der Waals surface area contributed by atoms with Gasteiger partial charge in [0.2, 0.25) is 0 Å². The van der Waals surface area contributed by atoms with Crippen LogP contribution in [0.15, 0.2) is 6.07 Å². The highest BCUT2D eigenvalue weighted by Crippen LogP contribution is 2.48. The molecule has 1 atom stereocenters. The molecule has 1 saturated heterocycles. The minimum absolute atomic E-state index is 0.0944. The van der Waals surface area contributed by atoms with Crippen molar-refractivity contribution in [2.45, 2.75) is 32.1 Å². The van der Waals surface area contributed by atoms with Crippen molar-refractivity contribution in [3.8, 4) is 5.75 Å². The van der Waals surface area contributed by atoms with Crippen molar-refractivity contribution >= 4 is 34.6 Å². The molecular formula is C14H18Cl2N2O3. The van der Waals surface area contributed by atoms with Gasteiger partial charge in [-0.25, -0.2) is 0 Å². The minimum Gasteiger partial charge on any atom is -0.491 e. The molecule has 1 fully saturated rings. The second-order valence-corrected chi connectivity index (χ2v) is 6.04. The van der Waals surface area contributed by atoms with Crippen LogP contribution in [0.25, 0.3) is 0 Å². The molecule has 5 nitrogen and oxygen atoms in total. The van der Waals surface area contributed by atoms with E-state index < -0.39 is 4.92 Å². The number of hydrogen-bond acceptors (Lipinski definition) is 4. The molecule has 0 radical (unpaired) electrons. The van der Waals surface area contributed by atoms with Crippen LogP contribution in [-0.4, -0.2) is 24.6 Å². The smallest absolute Gasteiger partial charge is 0.314 e. The molecule has 1 aliphatic rings. The van der Waals surface area contributed by atoms with Gasteiger partial charge in [0, 0.05) is 18.7 Å². The fraction of sp³-hybridized carbons (Fsp3) is 0.571. The summed E-state index contributed by atoms with van der Waals surface area (Å²) in [7, 11) is 0. The summed E-state index contributed by atoms with van der Waals surface area (Å²) in [4.78, 5) is 13.0. The van der Waals surface area contributed by atoms with Crippen molar-refractivity contribution in [2.75, 3.05) is 24.6 Å². The van der Waals surface area contributed by atoms with E-state index in [4.69, 9.17) is 27.9 Å². The van der Waals surface area contributed by atoms with Gasteiger partial charge < -0.3 is 9.64 Å². The van der Waals surface area contributed by atoms with Crippen LogP contribution in [-0.2, 0) is 0 Å². The number of ether oxygens (including phenoxy) is 1. The number of benzene rings is 1. The monoisotopic (exact) mass is 332 g/mol. The Kier molecular flexibility index (Phi) is 5.17. The van der Waals surface area contributed by atoms with Crippen LogP contribution < -0.4 is 9.64 Å². The van der Waals surface area contributed by atoms with E-state index in [0.717, 1.165) is 25.9 Å². The van der Waals surface area contributed by atoms with Crippen molar-refractivity contribution < 1.29 is 9.66 Å². The van der Waals surface area contributed by atoms with E-state index in [1.54, 1.807) is 13.0 Å². The highest BCUT2D eigenvalue weighted by Gasteiger charge is 2.32. The maximum atomic E-state index is 11.4. The topological polar surface area (TPSA) is 55.6 Å². The molecular weight excluding hydrogens is 315 g/mol. The van der Waals surface area contributed by atoms with E-state index in [1.165, 1.54) is 0 Å². The molecule has 1 unspecified atom stereocenters. The summed E-state index contributed by atoms with van der Waals surface area (Å²) in [5.41, 5.74) is 1.06. The fourth-order valence-corrected chi connectivity index (χ4v) is 3.07. The molecule has 2 rings (SSSR count). The summed E-state index contributed by atoms with van der Waals surface area (Å²) in [5, 5.41) is 11.2. The van der Waals surface area contributed by atoms with Crippen molar-refractivity contribution in [1.82, 2.24) is 0 Å². The number of nitro groups is 1. The maximum absolute atomic E-state index is 11.4. The first-order chi connectivity index (χ1) is 9.97. The molecule has 1 heterocycles. The first kappa shape index (κ1) is 16.2. The van der Waals surface area contributed by atoms with Crippen molar-refractivity contribution in [2.24, 2.45) is 0 Å². The number of hydrogen-bond donors (Lipinski definition) is 0. The third-order valence-electron chi connectivity index (χ3n) is 3.53. The summed E-state index contributed by atoms with van der Waals surface area (Å²) < 4.78 is 5.70. The molecule has 1 aromatic rings. The van der Waals surface area contributed by atoms with Crippen LogP contribution in [0.4, 0.5) is 11.4 Å². The Hall–Kier alpha value is -1.20. The first-order valence-electron chi connectivity index (χ1n) is 7.00. The third-order valence-corrected chi connectivity index (χ3v) is 4.06. The molecule has 7 heteroatoms. The Bertz CT molecular complexity index is 544. The average Bonchev–Trinajstić information content (AvgIpc) is 2.92. The summed E-state index contributed by atoms with van der Waals surface area (Å²) >= 11 is 12.3. The normalized spacial score (nSPS) is 16.1. The lowest BCUT2D eigenvalue weighted by Gasteiger charge is -2.24. The second-order valence-electron chi connectivity index (χ2n) is 4.97. The molecule has 1 aromatic carbocycles. The zero-order valence-electron chi connectivity index (χ0n) is 12.1. The largest absolute Gasteiger partial charge is 0.491 e. The van der Waals surface area contributed by atoms with E-state index in [9.17, 15) is 10.1 Å². The standard InChI is InChI=1S/C14H18Cl2N2O3/c1-3-21-14-10(9(2)15)8-11(16)12(18(19)20)13(14)17-6-4-5-7-17/h8-9H,3-7H2,1-2H3. The van der Waals surface area contributed by atoms with Crippen molar-refractivity contribution in [3.05, 3.63) is 26.8 Å². The first-order valence-corrected chi connectivity index (χ1v) is 7.81. The Morgan fingerprint density at radius 3 is 2.57 bits per heavy atom. The number of nitrogens with zero attached hydrogens (tertiary/aromatic N) is 2. The predicted molar refractivity (Wildman–Crippen MR) is 85.0 cm³/mol. The SMILES string of the molecule is CCOc1c(C(C)Cl)cc(Cl)c([N+](=O)[O-])c1N1CCCC1. The lowest BCUT2D eigenvalue weighted by Crippen LogP contribution is -2.21. The van der Waals surface area contributed by atoms with Gasteiger partial charge in [-0.3, -0.25) is 10.1 Å². The summed E-state index contributed by atoms with van der Waals surface area (Å²) in [6, 6.07) is 1.54. The summed E-state index contributed by atoms with van der Waals surface area (Å²) in [6.45, 7) is 5.58. The van der Waals surface area contributed by atoms with Gasteiger partial charge >= 0.3 is 5.69 Å². The number of alkyl halides is 1. The van der Waals surface area contributed by atoms with E-state index in [1.807, 2.05) is 11.8 Å². The van der Waals surface area contributed by atoms with Gasteiger partial charge in [-0.1, -0.05) is 11.6 Å². The lowest BCUT2D eigenvalue weighted by molar-refractivity contribution is -0.384. The van der Waals surface area contributed by atoms with Gasteiger partial charge in [0.05, 0.1) is 16.9 Å². The highest BCUT2D eigenvalue weighted by molar-refractivity contribution is 6.33. The fourth-order valence-electron chi connectivity index (χ4n) is 2.63. The number of nitro benzene ring substituents is 1. The van der Waals surface area contributed by atoms with Gasteiger partial charge in [0.25, 0.3) is 0 Å². The van der Waals surface area contributed by atoms with Crippen molar-refractivity contribution in [3.63, 3.8) is 0 Å². The van der Waals surface area contributed by atoms with Gasteiger partial charge in [0.1, 0.15) is 5.02 Å². The third kappa shape index (κ3) is 3.19. The molecule has 21 heavy (non-hydrogen) atoms. The molecule has 0 aromatic heterocycles. The van der Waals surface area contributed by atoms with Gasteiger partial charge in [0.15, 0.2) is 11.4 Å².